The van der Waals surface area contributed by atoms with Crippen LogP contribution in [0.15, 0.2) is 30.3 Å². The van der Waals surface area contributed by atoms with Crippen molar-refractivity contribution in [1.29, 1.82) is 0 Å². The summed E-state index contributed by atoms with van der Waals surface area (Å²) >= 11 is 0. The molecule has 0 saturated carbocycles. The van der Waals surface area contributed by atoms with Gasteiger partial charge >= 0.3 is 11.9 Å². The van der Waals surface area contributed by atoms with E-state index >= 15 is 0 Å². The number of aliphatic carboxylic acids is 1. The highest BCUT2D eigenvalue weighted by molar-refractivity contribution is 6.40. The van der Waals surface area contributed by atoms with Gasteiger partial charge in [0.25, 0.3) is 5.78 Å². The fourth-order valence-corrected chi connectivity index (χ4v) is 0.800. The second-order valence-electron chi connectivity index (χ2n) is 3.05. The van der Waals surface area contributed by atoms with Crippen LogP contribution in [0.4, 0.5) is 0 Å². The van der Waals surface area contributed by atoms with Crippen molar-refractivity contribution in [3.8, 4) is 0 Å². The maximum atomic E-state index is 11.1. The van der Waals surface area contributed by atoms with Crippen LogP contribution in [0.2, 0.25) is 0 Å². The van der Waals surface area contributed by atoms with Crippen molar-refractivity contribution in [2.24, 2.45) is 0 Å². The zero-order valence-electron chi connectivity index (χ0n) is 9.88. The Hall–Kier alpha value is -2.50. The molecule has 0 heterocycles. The van der Waals surface area contributed by atoms with Crippen LogP contribution < -0.4 is 0 Å². The molecular formula is C12H12O6. The lowest BCUT2D eigenvalue weighted by molar-refractivity contribution is -0.148. The molecule has 0 spiro atoms. The van der Waals surface area contributed by atoms with E-state index in [0.717, 1.165) is 6.92 Å². The molecule has 0 aliphatic heterocycles. The molecule has 0 aliphatic rings. The second kappa shape index (κ2) is 7.72. The third-order valence-corrected chi connectivity index (χ3v) is 1.71. The van der Waals surface area contributed by atoms with Crippen molar-refractivity contribution < 1.29 is 29.0 Å². The minimum atomic E-state index is -1.38. The van der Waals surface area contributed by atoms with Crippen molar-refractivity contribution in [3.63, 3.8) is 0 Å². The molecule has 0 atom stereocenters. The summed E-state index contributed by atoms with van der Waals surface area (Å²) in [5.74, 6) is -3.65. The summed E-state index contributed by atoms with van der Waals surface area (Å²) in [6.45, 7) is 1.00. The molecular weight excluding hydrogens is 240 g/mol. The molecule has 1 rings (SSSR count). The van der Waals surface area contributed by atoms with Crippen LogP contribution in [0.3, 0.4) is 0 Å². The number of benzene rings is 1. The van der Waals surface area contributed by atoms with Gasteiger partial charge < -0.3 is 9.84 Å². The van der Waals surface area contributed by atoms with Crippen LogP contribution in [0.1, 0.15) is 17.3 Å². The zero-order chi connectivity index (χ0) is 14.1. The molecule has 0 bridgehead atoms. The Labute approximate surface area is 103 Å². The minimum absolute atomic E-state index is 0.351. The SMILES string of the molecule is CC(=O)C(=O)O.COC(=O)C(=O)c1ccccc1. The number of rotatable bonds is 3. The highest BCUT2D eigenvalue weighted by Gasteiger charge is 2.15. The van der Waals surface area contributed by atoms with Gasteiger partial charge in [0.2, 0.25) is 5.78 Å². The predicted octanol–water partition coefficient (Wildman–Crippen LogP) is 0.702. The van der Waals surface area contributed by atoms with Crippen LogP contribution in [-0.2, 0) is 19.1 Å². The number of Topliss-reactive ketones (excluding diaryl/α,β-unsaturated/α-hetero) is 2. The second-order valence-corrected chi connectivity index (χ2v) is 3.05. The smallest absolute Gasteiger partial charge is 0.379 e. The number of carbonyl (C=O) groups excluding carboxylic acids is 3. The molecule has 96 valence electrons. The molecule has 18 heavy (non-hydrogen) atoms. The first-order chi connectivity index (χ1) is 8.40. The van der Waals surface area contributed by atoms with Crippen molar-refractivity contribution in [3.05, 3.63) is 35.9 Å². The van der Waals surface area contributed by atoms with Crippen molar-refractivity contribution in [1.82, 2.24) is 0 Å². The zero-order valence-corrected chi connectivity index (χ0v) is 9.88. The Bertz CT molecular complexity index is 437. The monoisotopic (exact) mass is 252 g/mol. The average Bonchev–Trinajstić information content (AvgIpc) is 2.38. The largest absolute Gasteiger partial charge is 0.476 e. The summed E-state index contributed by atoms with van der Waals surface area (Å²) in [6, 6.07) is 8.29. The first kappa shape index (κ1) is 15.5. The van der Waals surface area contributed by atoms with Gasteiger partial charge in [-0.05, 0) is 0 Å². The predicted molar refractivity (Wildman–Crippen MR) is 61.1 cm³/mol. The molecule has 6 heteroatoms. The van der Waals surface area contributed by atoms with Gasteiger partial charge in [0.15, 0.2) is 0 Å². The van der Waals surface area contributed by atoms with Gasteiger partial charge in [0.05, 0.1) is 7.11 Å². The number of carboxylic acid groups (broad SMARTS) is 1. The Morgan fingerprint density at radius 1 is 1.06 bits per heavy atom. The molecule has 0 radical (unpaired) electrons. The van der Waals surface area contributed by atoms with Gasteiger partial charge in [-0.15, -0.1) is 0 Å². The molecule has 0 aliphatic carbocycles. The van der Waals surface area contributed by atoms with Crippen LogP contribution in [-0.4, -0.2) is 35.7 Å². The van der Waals surface area contributed by atoms with E-state index in [4.69, 9.17) is 5.11 Å². The van der Waals surface area contributed by atoms with Crippen LogP contribution >= 0.6 is 0 Å². The number of methoxy groups -OCH3 is 1. The van der Waals surface area contributed by atoms with Crippen LogP contribution in [0.5, 0.6) is 0 Å². The molecule has 6 nitrogen and oxygen atoms in total. The Morgan fingerprint density at radius 2 is 1.50 bits per heavy atom. The normalized spacial score (nSPS) is 8.56. The number of ether oxygens (including phenoxy) is 1. The molecule has 1 N–H and O–H groups in total. The van der Waals surface area contributed by atoms with Gasteiger partial charge in [0, 0.05) is 12.5 Å². The van der Waals surface area contributed by atoms with Crippen LogP contribution in [0.25, 0.3) is 0 Å². The van der Waals surface area contributed by atoms with E-state index in [1.54, 1.807) is 30.3 Å². The highest BCUT2D eigenvalue weighted by atomic mass is 16.5. The third kappa shape index (κ3) is 5.55. The van der Waals surface area contributed by atoms with Gasteiger partial charge in [-0.1, -0.05) is 30.3 Å². The standard InChI is InChI=1S/C9H8O3.C3H4O3/c1-12-9(11)8(10)7-5-3-2-4-6-7;1-2(4)3(5)6/h2-6H,1H3;1H3,(H,5,6). The number of esters is 1. The van der Waals surface area contributed by atoms with E-state index in [-0.39, 0.29) is 0 Å². The molecule has 0 unspecified atom stereocenters. The van der Waals surface area contributed by atoms with Gasteiger partial charge in [-0.2, -0.15) is 0 Å². The average molecular weight is 252 g/mol. The van der Waals surface area contributed by atoms with E-state index < -0.39 is 23.5 Å². The summed E-state index contributed by atoms with van der Waals surface area (Å²) in [7, 11) is 1.18. The van der Waals surface area contributed by atoms with Gasteiger partial charge in [-0.25, -0.2) is 9.59 Å². The fourth-order valence-electron chi connectivity index (χ4n) is 0.800. The maximum Gasteiger partial charge on any atom is 0.379 e. The van der Waals surface area contributed by atoms with E-state index in [9.17, 15) is 19.2 Å². The summed E-state index contributed by atoms with van der Waals surface area (Å²) in [6.07, 6.45) is 0. The van der Waals surface area contributed by atoms with Crippen molar-refractivity contribution >= 4 is 23.5 Å². The maximum absolute atomic E-state index is 11.1. The topological polar surface area (TPSA) is 97.7 Å². The lowest BCUT2D eigenvalue weighted by Gasteiger charge is -1.96. The molecule has 1 aromatic carbocycles. The van der Waals surface area contributed by atoms with E-state index in [0.29, 0.717) is 5.56 Å². The quantitative estimate of drug-likeness (QED) is 0.483. The van der Waals surface area contributed by atoms with Gasteiger partial charge in [-0.3, -0.25) is 9.59 Å². The summed E-state index contributed by atoms with van der Waals surface area (Å²) in [4.78, 5) is 40.7. The lowest BCUT2D eigenvalue weighted by Crippen LogP contribution is -2.15. The minimum Gasteiger partial charge on any atom is -0.476 e. The Morgan fingerprint density at radius 3 is 1.83 bits per heavy atom. The number of hydrogen-bond donors (Lipinski definition) is 1. The molecule has 0 fully saturated rings. The van der Waals surface area contributed by atoms with Crippen LogP contribution in [0, 0.1) is 0 Å². The van der Waals surface area contributed by atoms with Gasteiger partial charge in [0.1, 0.15) is 0 Å². The number of carbonyl (C=O) groups is 4. The number of ketones is 2. The third-order valence-electron chi connectivity index (χ3n) is 1.71. The molecule has 0 aromatic heterocycles. The van der Waals surface area contributed by atoms with Crippen molar-refractivity contribution in [2.45, 2.75) is 6.92 Å². The fraction of sp³-hybridized carbons (Fsp3) is 0.167. The number of carboxylic acids is 1. The molecule has 0 amide bonds. The summed E-state index contributed by atoms with van der Waals surface area (Å²) < 4.78 is 4.28. The van der Waals surface area contributed by atoms with E-state index in [1.807, 2.05) is 0 Å². The Balaban J connectivity index is 0.000000411. The highest BCUT2D eigenvalue weighted by Crippen LogP contribution is 2.00. The Kier molecular flexibility index (Phi) is 6.65. The van der Waals surface area contributed by atoms with E-state index in [1.165, 1.54) is 7.11 Å². The summed E-state index contributed by atoms with van der Waals surface area (Å²) in [5, 5.41) is 7.64. The first-order valence-electron chi connectivity index (χ1n) is 4.81. The molecule has 0 saturated heterocycles. The number of hydrogen-bond acceptors (Lipinski definition) is 5. The molecule has 1 aromatic rings. The first-order valence-corrected chi connectivity index (χ1v) is 4.81. The van der Waals surface area contributed by atoms with E-state index in [2.05, 4.69) is 4.74 Å². The lowest BCUT2D eigenvalue weighted by atomic mass is 10.1. The summed E-state index contributed by atoms with van der Waals surface area (Å²) in [5.41, 5.74) is 0.351. The van der Waals surface area contributed by atoms with Crippen molar-refractivity contribution in [2.75, 3.05) is 7.11 Å².